The van der Waals surface area contributed by atoms with Gasteiger partial charge in [0, 0.05) is 5.69 Å². The van der Waals surface area contributed by atoms with E-state index in [1.54, 1.807) is 6.34 Å². The summed E-state index contributed by atoms with van der Waals surface area (Å²) in [5, 5.41) is 4.02. The Morgan fingerprint density at radius 1 is 1.56 bits per heavy atom. The van der Waals surface area contributed by atoms with Crippen molar-refractivity contribution in [2.75, 3.05) is 0 Å². The molecule has 2 aliphatic rings. The number of aromatic nitrogens is 1. The van der Waals surface area contributed by atoms with E-state index in [1.807, 2.05) is 0 Å². The van der Waals surface area contributed by atoms with Crippen LogP contribution < -0.4 is 5.43 Å². The number of rotatable bonds is 1. The van der Waals surface area contributed by atoms with Crippen molar-refractivity contribution >= 4 is 12.6 Å². The fourth-order valence-electron chi connectivity index (χ4n) is 2.74. The van der Waals surface area contributed by atoms with E-state index < -0.39 is 0 Å². The van der Waals surface area contributed by atoms with Crippen LogP contribution in [0.4, 0.5) is 0 Å². The van der Waals surface area contributed by atoms with Crippen LogP contribution >= 0.6 is 0 Å². The monoisotopic (exact) mass is 217 g/mol. The molecule has 1 N–H and O–H groups in total. The maximum Gasteiger partial charge on any atom is 0.149 e. The zero-order valence-electron chi connectivity index (χ0n) is 9.53. The van der Waals surface area contributed by atoms with E-state index in [4.69, 9.17) is 0 Å². The molecule has 1 unspecified atom stereocenters. The number of aldehydes is 1. The molecule has 4 nitrogen and oxygen atoms in total. The molecule has 84 valence electrons. The standard InChI is InChI=1S/C12H15N3O/c1-12(2)4-8-3-10-9(6-16)14-13-7-15(10)11(8)5-12/h3,6-7,9,14H,4-5H2,1-2H3. The summed E-state index contributed by atoms with van der Waals surface area (Å²) in [6.45, 7) is 4.55. The second kappa shape index (κ2) is 2.97. The molecule has 0 spiro atoms. The van der Waals surface area contributed by atoms with Crippen LogP contribution in [0.2, 0.25) is 0 Å². The van der Waals surface area contributed by atoms with E-state index in [0.29, 0.717) is 5.41 Å². The largest absolute Gasteiger partial charge is 0.304 e. The Labute approximate surface area is 94.3 Å². The normalized spacial score (nSPS) is 24.8. The first-order valence-corrected chi connectivity index (χ1v) is 5.58. The van der Waals surface area contributed by atoms with Crippen molar-refractivity contribution in [2.45, 2.75) is 32.7 Å². The lowest BCUT2D eigenvalue weighted by atomic mass is 9.90. The molecule has 0 fully saturated rings. The van der Waals surface area contributed by atoms with Crippen LogP contribution in [-0.4, -0.2) is 17.2 Å². The SMILES string of the molecule is CC1(C)Cc2cc3n(c2C1)C=NNC3C=O. The van der Waals surface area contributed by atoms with Crippen molar-refractivity contribution in [1.29, 1.82) is 0 Å². The van der Waals surface area contributed by atoms with Crippen molar-refractivity contribution in [3.8, 4) is 0 Å². The molecule has 1 aliphatic heterocycles. The maximum atomic E-state index is 10.9. The van der Waals surface area contributed by atoms with E-state index in [2.05, 4.69) is 35.0 Å². The Hall–Kier alpha value is -1.58. The van der Waals surface area contributed by atoms with E-state index >= 15 is 0 Å². The van der Waals surface area contributed by atoms with Crippen molar-refractivity contribution < 1.29 is 4.79 Å². The molecule has 0 radical (unpaired) electrons. The highest BCUT2D eigenvalue weighted by molar-refractivity contribution is 5.71. The highest BCUT2D eigenvalue weighted by Crippen LogP contribution is 2.38. The maximum absolute atomic E-state index is 10.9. The zero-order valence-corrected chi connectivity index (χ0v) is 9.53. The molecule has 16 heavy (non-hydrogen) atoms. The summed E-state index contributed by atoms with van der Waals surface area (Å²) in [6.07, 6.45) is 4.82. The van der Waals surface area contributed by atoms with Crippen molar-refractivity contribution in [3.05, 3.63) is 23.0 Å². The van der Waals surface area contributed by atoms with Gasteiger partial charge in [-0.05, 0) is 29.9 Å². The highest BCUT2D eigenvalue weighted by Gasteiger charge is 2.34. The third-order valence-electron chi connectivity index (χ3n) is 3.42. The van der Waals surface area contributed by atoms with Gasteiger partial charge < -0.3 is 9.36 Å². The summed E-state index contributed by atoms with van der Waals surface area (Å²) in [5.41, 5.74) is 6.85. The lowest BCUT2D eigenvalue weighted by Crippen LogP contribution is -2.27. The summed E-state index contributed by atoms with van der Waals surface area (Å²) >= 11 is 0. The average molecular weight is 217 g/mol. The van der Waals surface area contributed by atoms with Gasteiger partial charge in [-0.1, -0.05) is 13.8 Å². The van der Waals surface area contributed by atoms with Gasteiger partial charge in [-0.15, -0.1) is 0 Å². The van der Waals surface area contributed by atoms with Crippen molar-refractivity contribution in [3.63, 3.8) is 0 Å². The first-order valence-electron chi connectivity index (χ1n) is 5.58. The van der Waals surface area contributed by atoms with Crippen LogP contribution in [0, 0.1) is 5.41 Å². The molecule has 3 rings (SSSR count). The molecule has 0 bridgehead atoms. The Morgan fingerprint density at radius 2 is 2.38 bits per heavy atom. The van der Waals surface area contributed by atoms with E-state index in [0.717, 1.165) is 24.8 Å². The molecular weight excluding hydrogens is 202 g/mol. The summed E-state index contributed by atoms with van der Waals surface area (Å²) in [5.74, 6) is 0. The molecule has 1 aliphatic carbocycles. The number of nitrogens with one attached hydrogen (secondary N) is 1. The second-order valence-electron chi connectivity index (χ2n) is 5.42. The molecule has 1 atom stereocenters. The summed E-state index contributed by atoms with van der Waals surface area (Å²) in [4.78, 5) is 10.9. The first-order chi connectivity index (χ1) is 7.61. The number of hydrazone groups is 1. The number of hydrogen-bond acceptors (Lipinski definition) is 3. The van der Waals surface area contributed by atoms with Gasteiger partial charge in [-0.2, -0.15) is 5.10 Å². The fraction of sp³-hybridized carbons (Fsp3) is 0.500. The zero-order chi connectivity index (χ0) is 11.3. The summed E-state index contributed by atoms with van der Waals surface area (Å²) in [6, 6.07) is 1.85. The van der Waals surface area contributed by atoms with Gasteiger partial charge in [-0.3, -0.25) is 5.43 Å². The molecule has 4 heteroatoms. The van der Waals surface area contributed by atoms with Crippen molar-refractivity contribution in [2.24, 2.45) is 10.5 Å². The van der Waals surface area contributed by atoms with Crippen LogP contribution in [-0.2, 0) is 17.6 Å². The number of nitrogens with zero attached hydrogens (tertiary/aromatic N) is 2. The van der Waals surface area contributed by atoms with Gasteiger partial charge >= 0.3 is 0 Å². The fourth-order valence-corrected chi connectivity index (χ4v) is 2.74. The average Bonchev–Trinajstić information content (AvgIpc) is 2.69. The lowest BCUT2D eigenvalue weighted by molar-refractivity contribution is -0.109. The number of fused-ring (bicyclic) bond motifs is 3. The quantitative estimate of drug-likeness (QED) is 0.719. The molecule has 0 saturated carbocycles. The number of carbonyl (C=O) groups excluding carboxylic acids is 1. The summed E-state index contributed by atoms with van der Waals surface area (Å²) < 4.78 is 2.07. The Morgan fingerprint density at radius 3 is 3.12 bits per heavy atom. The van der Waals surface area contributed by atoms with Crippen LogP contribution in [0.1, 0.15) is 36.8 Å². The number of carbonyl (C=O) groups is 1. The first kappa shape index (κ1) is 9.63. The van der Waals surface area contributed by atoms with Crippen LogP contribution in [0.25, 0.3) is 0 Å². The minimum atomic E-state index is -0.293. The van der Waals surface area contributed by atoms with Gasteiger partial charge in [0.1, 0.15) is 18.7 Å². The molecule has 1 aromatic heterocycles. The third-order valence-corrected chi connectivity index (χ3v) is 3.42. The predicted octanol–water partition coefficient (Wildman–Crippen LogP) is 1.25. The predicted molar refractivity (Wildman–Crippen MR) is 61.5 cm³/mol. The highest BCUT2D eigenvalue weighted by atomic mass is 16.1. The van der Waals surface area contributed by atoms with Gasteiger partial charge in [-0.25, -0.2) is 0 Å². The Kier molecular flexibility index (Phi) is 1.79. The van der Waals surface area contributed by atoms with E-state index in [9.17, 15) is 4.79 Å². The molecule has 2 heterocycles. The van der Waals surface area contributed by atoms with Gasteiger partial charge in [0.2, 0.25) is 0 Å². The Balaban J connectivity index is 2.10. The second-order valence-corrected chi connectivity index (χ2v) is 5.42. The minimum Gasteiger partial charge on any atom is -0.304 e. The van der Waals surface area contributed by atoms with E-state index in [1.165, 1.54) is 11.3 Å². The van der Waals surface area contributed by atoms with Gasteiger partial charge in [0.05, 0.1) is 5.69 Å². The molecule has 0 saturated heterocycles. The minimum absolute atomic E-state index is 0.293. The van der Waals surface area contributed by atoms with Gasteiger partial charge in [0.15, 0.2) is 0 Å². The Bertz CT molecular complexity index is 485. The molecular formula is C12H15N3O. The van der Waals surface area contributed by atoms with E-state index in [-0.39, 0.29) is 6.04 Å². The molecule has 1 aromatic rings. The smallest absolute Gasteiger partial charge is 0.149 e. The number of hydrogen-bond donors (Lipinski definition) is 1. The van der Waals surface area contributed by atoms with Crippen molar-refractivity contribution in [1.82, 2.24) is 9.99 Å². The van der Waals surface area contributed by atoms with Gasteiger partial charge in [0.25, 0.3) is 0 Å². The lowest BCUT2D eigenvalue weighted by Gasteiger charge is -2.21. The third kappa shape index (κ3) is 1.22. The molecule has 0 amide bonds. The van der Waals surface area contributed by atoms with Crippen LogP contribution in [0.5, 0.6) is 0 Å². The summed E-state index contributed by atoms with van der Waals surface area (Å²) in [7, 11) is 0. The van der Waals surface area contributed by atoms with Crippen LogP contribution in [0.3, 0.4) is 0 Å². The molecule has 0 aromatic carbocycles. The topological polar surface area (TPSA) is 46.4 Å². The van der Waals surface area contributed by atoms with Crippen LogP contribution in [0.15, 0.2) is 11.2 Å².